The Morgan fingerprint density at radius 2 is 1.87 bits per heavy atom. The van der Waals surface area contributed by atoms with Gasteiger partial charge in [-0.25, -0.2) is 4.39 Å². The van der Waals surface area contributed by atoms with Crippen LogP contribution in [0.3, 0.4) is 0 Å². The van der Waals surface area contributed by atoms with Crippen molar-refractivity contribution in [2.24, 2.45) is 0 Å². The van der Waals surface area contributed by atoms with Crippen LogP contribution in [-0.2, 0) is 6.54 Å². The normalized spacial score (nSPS) is 15.5. The Morgan fingerprint density at radius 3 is 2.53 bits per heavy atom. The van der Waals surface area contributed by atoms with E-state index in [1.807, 2.05) is 12.1 Å². The second-order valence-electron chi connectivity index (χ2n) is 4.03. The number of benzene rings is 1. The summed E-state index contributed by atoms with van der Waals surface area (Å²) in [4.78, 5) is 0. The van der Waals surface area contributed by atoms with Crippen LogP contribution in [0.5, 0.6) is 0 Å². The minimum Gasteiger partial charge on any atom is -0.313 e. The summed E-state index contributed by atoms with van der Waals surface area (Å²) in [5, 5.41) is 6.75. The van der Waals surface area contributed by atoms with E-state index in [1.54, 1.807) is 0 Å². The fourth-order valence-electron chi connectivity index (χ4n) is 1.49. The zero-order chi connectivity index (χ0) is 10.5. The molecule has 0 atom stereocenters. The van der Waals surface area contributed by atoms with Gasteiger partial charge in [0.25, 0.3) is 0 Å². The van der Waals surface area contributed by atoms with Gasteiger partial charge in [0.05, 0.1) is 0 Å². The molecule has 0 aromatic heterocycles. The SMILES string of the molecule is Fc1ccc(CNCCNC2CC2)cc1. The molecule has 1 fully saturated rings. The van der Waals surface area contributed by atoms with Crippen LogP contribution >= 0.6 is 0 Å². The van der Waals surface area contributed by atoms with E-state index in [0.717, 1.165) is 31.2 Å². The number of hydrogen-bond donors (Lipinski definition) is 2. The van der Waals surface area contributed by atoms with Crippen molar-refractivity contribution in [3.05, 3.63) is 35.6 Å². The summed E-state index contributed by atoms with van der Waals surface area (Å²) in [7, 11) is 0. The quantitative estimate of drug-likeness (QED) is 0.695. The van der Waals surface area contributed by atoms with Gasteiger partial charge in [-0.2, -0.15) is 0 Å². The van der Waals surface area contributed by atoms with Crippen molar-refractivity contribution in [1.82, 2.24) is 10.6 Å². The van der Waals surface area contributed by atoms with Gasteiger partial charge in [0, 0.05) is 25.7 Å². The van der Waals surface area contributed by atoms with Gasteiger partial charge in [-0.1, -0.05) is 12.1 Å². The van der Waals surface area contributed by atoms with Crippen LogP contribution in [0.15, 0.2) is 24.3 Å². The Balaban J connectivity index is 1.58. The molecule has 1 saturated carbocycles. The summed E-state index contributed by atoms with van der Waals surface area (Å²) >= 11 is 0. The number of rotatable bonds is 6. The third-order valence-corrected chi connectivity index (χ3v) is 2.55. The third-order valence-electron chi connectivity index (χ3n) is 2.55. The van der Waals surface area contributed by atoms with Gasteiger partial charge in [-0.15, -0.1) is 0 Å². The molecule has 82 valence electrons. The van der Waals surface area contributed by atoms with E-state index in [2.05, 4.69) is 10.6 Å². The van der Waals surface area contributed by atoms with Gasteiger partial charge in [0.15, 0.2) is 0 Å². The fourth-order valence-corrected chi connectivity index (χ4v) is 1.49. The van der Waals surface area contributed by atoms with Crippen molar-refractivity contribution in [1.29, 1.82) is 0 Å². The van der Waals surface area contributed by atoms with Crippen molar-refractivity contribution < 1.29 is 4.39 Å². The van der Waals surface area contributed by atoms with Gasteiger partial charge in [-0.3, -0.25) is 0 Å². The lowest BCUT2D eigenvalue weighted by atomic mass is 10.2. The topological polar surface area (TPSA) is 24.1 Å². The van der Waals surface area contributed by atoms with Gasteiger partial charge < -0.3 is 10.6 Å². The van der Waals surface area contributed by atoms with Crippen LogP contribution in [0, 0.1) is 5.82 Å². The molecule has 0 aliphatic heterocycles. The maximum atomic E-state index is 12.6. The first-order valence-corrected chi connectivity index (χ1v) is 5.53. The highest BCUT2D eigenvalue weighted by molar-refractivity contribution is 5.15. The molecule has 1 aromatic carbocycles. The van der Waals surface area contributed by atoms with E-state index in [-0.39, 0.29) is 5.82 Å². The highest BCUT2D eigenvalue weighted by atomic mass is 19.1. The summed E-state index contributed by atoms with van der Waals surface area (Å²) < 4.78 is 12.6. The average molecular weight is 208 g/mol. The molecule has 0 heterocycles. The van der Waals surface area contributed by atoms with Crippen LogP contribution in [0.25, 0.3) is 0 Å². The van der Waals surface area contributed by atoms with Crippen LogP contribution in [0.1, 0.15) is 18.4 Å². The molecule has 15 heavy (non-hydrogen) atoms. The van der Waals surface area contributed by atoms with Gasteiger partial charge >= 0.3 is 0 Å². The molecule has 0 saturated heterocycles. The van der Waals surface area contributed by atoms with Crippen LogP contribution in [0.4, 0.5) is 4.39 Å². The molecule has 1 aromatic rings. The maximum absolute atomic E-state index is 12.6. The highest BCUT2D eigenvalue weighted by Crippen LogP contribution is 2.17. The van der Waals surface area contributed by atoms with Crippen molar-refractivity contribution in [3.8, 4) is 0 Å². The lowest BCUT2D eigenvalue weighted by Crippen LogP contribution is -2.28. The van der Waals surface area contributed by atoms with Crippen molar-refractivity contribution in [2.75, 3.05) is 13.1 Å². The van der Waals surface area contributed by atoms with Crippen LogP contribution in [0.2, 0.25) is 0 Å². The van der Waals surface area contributed by atoms with Crippen molar-refractivity contribution in [2.45, 2.75) is 25.4 Å². The van der Waals surface area contributed by atoms with E-state index < -0.39 is 0 Å². The molecule has 0 unspecified atom stereocenters. The minimum absolute atomic E-state index is 0.172. The number of halogens is 1. The maximum Gasteiger partial charge on any atom is 0.123 e. The highest BCUT2D eigenvalue weighted by Gasteiger charge is 2.19. The first kappa shape index (κ1) is 10.6. The predicted molar refractivity (Wildman–Crippen MR) is 59.1 cm³/mol. The van der Waals surface area contributed by atoms with Crippen molar-refractivity contribution >= 4 is 0 Å². The zero-order valence-corrected chi connectivity index (χ0v) is 8.80. The Labute approximate surface area is 89.9 Å². The minimum atomic E-state index is -0.172. The monoisotopic (exact) mass is 208 g/mol. The largest absolute Gasteiger partial charge is 0.313 e. The summed E-state index contributed by atoms with van der Waals surface area (Å²) in [6.45, 7) is 2.80. The molecule has 1 aliphatic rings. The molecule has 0 spiro atoms. The second kappa shape index (κ2) is 5.24. The molecule has 0 bridgehead atoms. The number of nitrogens with one attached hydrogen (secondary N) is 2. The first-order valence-electron chi connectivity index (χ1n) is 5.53. The molecule has 2 rings (SSSR count). The van der Waals surface area contributed by atoms with Gasteiger partial charge in [0.2, 0.25) is 0 Å². The number of hydrogen-bond acceptors (Lipinski definition) is 2. The summed E-state index contributed by atoms with van der Waals surface area (Å²) in [5.74, 6) is -0.172. The van der Waals surface area contributed by atoms with E-state index in [1.165, 1.54) is 25.0 Å². The molecule has 1 aliphatic carbocycles. The van der Waals surface area contributed by atoms with E-state index in [4.69, 9.17) is 0 Å². The summed E-state index contributed by atoms with van der Waals surface area (Å²) in [5.41, 5.74) is 1.13. The van der Waals surface area contributed by atoms with Crippen LogP contribution in [-0.4, -0.2) is 19.1 Å². The van der Waals surface area contributed by atoms with Gasteiger partial charge in [0.1, 0.15) is 5.82 Å². The van der Waals surface area contributed by atoms with Crippen molar-refractivity contribution in [3.63, 3.8) is 0 Å². The smallest absolute Gasteiger partial charge is 0.123 e. The average Bonchev–Trinajstić information content (AvgIpc) is 3.04. The van der Waals surface area contributed by atoms with E-state index in [0.29, 0.717) is 0 Å². The second-order valence-corrected chi connectivity index (χ2v) is 4.03. The Bertz CT molecular complexity index is 293. The molecular formula is C12H17FN2. The summed E-state index contributed by atoms with van der Waals surface area (Å²) in [6.07, 6.45) is 2.66. The predicted octanol–water partition coefficient (Wildman–Crippen LogP) is 1.67. The molecular weight excluding hydrogens is 191 g/mol. The zero-order valence-electron chi connectivity index (χ0n) is 8.80. The lowest BCUT2D eigenvalue weighted by molar-refractivity contribution is 0.605. The van der Waals surface area contributed by atoms with Crippen LogP contribution < -0.4 is 10.6 Å². The molecule has 3 heteroatoms. The lowest BCUT2D eigenvalue weighted by Gasteiger charge is -2.05. The Morgan fingerprint density at radius 1 is 1.13 bits per heavy atom. The summed E-state index contributed by atoms with van der Waals surface area (Å²) in [6, 6.07) is 7.41. The Hall–Kier alpha value is -0.930. The molecule has 2 nitrogen and oxygen atoms in total. The first-order chi connectivity index (χ1) is 7.34. The molecule has 2 N–H and O–H groups in total. The standard InChI is InChI=1S/C12H17FN2/c13-11-3-1-10(2-4-11)9-14-7-8-15-12-5-6-12/h1-4,12,14-15H,5-9H2. The molecule has 0 amide bonds. The Kier molecular flexibility index (Phi) is 3.69. The van der Waals surface area contributed by atoms with E-state index in [9.17, 15) is 4.39 Å². The van der Waals surface area contributed by atoms with E-state index >= 15 is 0 Å². The fraction of sp³-hybridized carbons (Fsp3) is 0.500. The molecule has 0 radical (unpaired) electrons. The van der Waals surface area contributed by atoms with Gasteiger partial charge in [-0.05, 0) is 30.5 Å². The third kappa shape index (κ3) is 3.98.